The smallest absolute Gasteiger partial charge is 0.239 e. The van der Waals surface area contributed by atoms with Gasteiger partial charge in [0.15, 0.2) is 0 Å². The Morgan fingerprint density at radius 1 is 1.16 bits per heavy atom. The number of benzene rings is 2. The first-order chi connectivity index (χ1) is 11.6. The van der Waals surface area contributed by atoms with Gasteiger partial charge >= 0.3 is 0 Å². The summed E-state index contributed by atoms with van der Waals surface area (Å²) in [6.07, 6.45) is 1.06. The molecule has 0 aliphatic heterocycles. The van der Waals surface area contributed by atoms with Crippen LogP contribution in [0.3, 0.4) is 0 Å². The Labute approximate surface area is 165 Å². The van der Waals surface area contributed by atoms with Gasteiger partial charge in [-0.15, -0.1) is 0 Å². The van der Waals surface area contributed by atoms with E-state index in [0.717, 1.165) is 20.6 Å². The highest BCUT2D eigenvalue weighted by atomic mass is 79.9. The van der Waals surface area contributed by atoms with E-state index in [4.69, 9.17) is 23.2 Å². The fraction of sp³-hybridized carbons (Fsp3) is 0.188. The molecule has 0 aliphatic rings. The van der Waals surface area contributed by atoms with Crippen LogP contribution in [0.2, 0.25) is 10.0 Å². The summed E-state index contributed by atoms with van der Waals surface area (Å²) in [4.78, 5) is 12.2. The van der Waals surface area contributed by atoms with Crippen molar-refractivity contribution >= 4 is 60.7 Å². The van der Waals surface area contributed by atoms with E-state index >= 15 is 0 Å². The molecule has 0 aliphatic carbocycles. The zero-order valence-corrected chi connectivity index (χ0v) is 17.1. The van der Waals surface area contributed by atoms with Gasteiger partial charge in [0.25, 0.3) is 0 Å². The maximum Gasteiger partial charge on any atom is 0.239 e. The Kier molecular flexibility index (Phi) is 6.87. The first-order valence-electron chi connectivity index (χ1n) is 7.09. The Morgan fingerprint density at radius 3 is 2.36 bits per heavy atom. The van der Waals surface area contributed by atoms with Crippen molar-refractivity contribution in [2.75, 3.05) is 18.1 Å². The number of carbonyl (C=O) groups excluding carboxylic acids is 1. The zero-order chi connectivity index (χ0) is 18.6. The van der Waals surface area contributed by atoms with Crippen LogP contribution < -0.4 is 5.32 Å². The van der Waals surface area contributed by atoms with Gasteiger partial charge < -0.3 is 5.32 Å². The molecule has 0 radical (unpaired) electrons. The lowest BCUT2D eigenvalue weighted by Crippen LogP contribution is -2.36. The van der Waals surface area contributed by atoms with Gasteiger partial charge in [-0.25, -0.2) is 8.42 Å². The van der Waals surface area contributed by atoms with Gasteiger partial charge in [0, 0.05) is 16.0 Å². The predicted octanol–water partition coefficient (Wildman–Crippen LogP) is 4.16. The summed E-state index contributed by atoms with van der Waals surface area (Å²) in [5, 5.41) is 3.31. The minimum absolute atomic E-state index is 0.0912. The first-order valence-corrected chi connectivity index (χ1v) is 10.5. The fourth-order valence-electron chi connectivity index (χ4n) is 2.02. The van der Waals surface area contributed by atoms with Crippen molar-refractivity contribution in [3.8, 4) is 0 Å². The molecule has 2 rings (SSSR count). The normalized spacial score (nSPS) is 11.6. The average Bonchev–Trinajstić information content (AvgIpc) is 2.50. The number of halogens is 3. The van der Waals surface area contributed by atoms with Crippen LogP contribution in [0.5, 0.6) is 0 Å². The lowest BCUT2D eigenvalue weighted by atomic mass is 10.2. The van der Waals surface area contributed by atoms with E-state index in [1.807, 2.05) is 12.1 Å². The summed E-state index contributed by atoms with van der Waals surface area (Å²) in [6, 6.07) is 11.8. The van der Waals surface area contributed by atoms with Gasteiger partial charge in [-0.05, 0) is 35.9 Å². The van der Waals surface area contributed by atoms with Crippen molar-refractivity contribution in [3.05, 3.63) is 62.5 Å². The Morgan fingerprint density at radius 2 is 1.80 bits per heavy atom. The van der Waals surface area contributed by atoms with E-state index in [1.165, 1.54) is 6.07 Å². The maximum absolute atomic E-state index is 12.2. The summed E-state index contributed by atoms with van der Waals surface area (Å²) in [6.45, 7) is -0.234. The number of hydrogen-bond acceptors (Lipinski definition) is 3. The molecule has 9 heteroatoms. The number of rotatable bonds is 6. The Balaban J connectivity index is 2.11. The van der Waals surface area contributed by atoms with Gasteiger partial charge in [-0.2, -0.15) is 4.31 Å². The maximum atomic E-state index is 12.2. The molecule has 25 heavy (non-hydrogen) atoms. The van der Waals surface area contributed by atoms with Gasteiger partial charge in [0.1, 0.15) is 0 Å². The second-order valence-electron chi connectivity index (χ2n) is 5.33. The van der Waals surface area contributed by atoms with Gasteiger partial charge in [0.2, 0.25) is 15.9 Å². The average molecular weight is 466 g/mol. The molecular weight excluding hydrogens is 451 g/mol. The van der Waals surface area contributed by atoms with Crippen molar-refractivity contribution in [3.63, 3.8) is 0 Å². The third kappa shape index (κ3) is 6.27. The number of carbonyl (C=O) groups is 1. The van der Waals surface area contributed by atoms with Crippen molar-refractivity contribution in [2.45, 2.75) is 6.54 Å². The summed E-state index contributed by atoms with van der Waals surface area (Å²) >= 11 is 15.1. The highest BCUT2D eigenvalue weighted by Crippen LogP contribution is 2.25. The Hall–Kier alpha value is -1.12. The monoisotopic (exact) mass is 464 g/mol. The molecule has 2 aromatic rings. The molecule has 0 aromatic heterocycles. The van der Waals surface area contributed by atoms with Crippen LogP contribution in [-0.2, 0) is 21.4 Å². The van der Waals surface area contributed by atoms with Crippen LogP contribution >= 0.6 is 39.1 Å². The summed E-state index contributed by atoms with van der Waals surface area (Å²) in [5.41, 5.74) is 1.14. The molecule has 0 heterocycles. The molecule has 0 saturated heterocycles. The van der Waals surface area contributed by atoms with Crippen LogP contribution in [0, 0.1) is 0 Å². The predicted molar refractivity (Wildman–Crippen MR) is 104 cm³/mol. The molecule has 0 atom stereocenters. The molecular formula is C16H15BrCl2N2O3S. The van der Waals surface area contributed by atoms with Crippen molar-refractivity contribution in [1.29, 1.82) is 0 Å². The number of hydrogen-bond donors (Lipinski definition) is 1. The quantitative estimate of drug-likeness (QED) is 0.696. The van der Waals surface area contributed by atoms with Gasteiger partial charge in [-0.3, -0.25) is 4.79 Å². The summed E-state index contributed by atoms with van der Waals surface area (Å²) in [7, 11) is -3.57. The number of amides is 1. The molecule has 0 fully saturated rings. The second-order valence-corrected chi connectivity index (χ2v) is 9.07. The van der Waals surface area contributed by atoms with Crippen LogP contribution in [0.4, 0.5) is 5.69 Å². The molecule has 5 nitrogen and oxygen atoms in total. The van der Waals surface area contributed by atoms with Crippen LogP contribution in [-0.4, -0.2) is 31.4 Å². The van der Waals surface area contributed by atoms with Gasteiger partial charge in [0.05, 0.1) is 23.5 Å². The molecule has 0 bridgehead atoms. The van der Waals surface area contributed by atoms with Crippen LogP contribution in [0.15, 0.2) is 46.9 Å². The fourth-order valence-corrected chi connectivity index (χ4v) is 3.48. The lowest BCUT2D eigenvalue weighted by Gasteiger charge is -2.20. The number of nitrogens with one attached hydrogen (secondary N) is 1. The molecule has 1 N–H and O–H groups in total. The number of nitrogens with zero attached hydrogens (tertiary/aromatic N) is 1. The molecule has 0 saturated carbocycles. The standard InChI is InChI=1S/C16H15BrCl2N2O3S/c1-25(23,24)21(9-11-2-4-12(17)5-3-11)10-16(22)20-15-7-6-13(18)8-14(15)19/h2-8H,9-10H2,1H3,(H,20,22). The van der Waals surface area contributed by atoms with E-state index in [1.54, 1.807) is 24.3 Å². The molecule has 134 valence electrons. The molecule has 0 spiro atoms. The van der Waals surface area contributed by atoms with Gasteiger partial charge in [-0.1, -0.05) is 51.3 Å². The SMILES string of the molecule is CS(=O)(=O)N(CC(=O)Nc1ccc(Cl)cc1Cl)Cc1ccc(Br)cc1. The van der Waals surface area contributed by atoms with Crippen LogP contribution in [0.1, 0.15) is 5.56 Å². The minimum Gasteiger partial charge on any atom is -0.324 e. The third-order valence-corrected chi connectivity index (χ3v) is 5.54. The highest BCUT2D eigenvalue weighted by molar-refractivity contribution is 9.10. The number of anilines is 1. The highest BCUT2D eigenvalue weighted by Gasteiger charge is 2.21. The zero-order valence-electron chi connectivity index (χ0n) is 13.2. The molecule has 0 unspecified atom stereocenters. The molecule has 2 aromatic carbocycles. The summed E-state index contributed by atoms with van der Waals surface area (Å²) < 4.78 is 26.0. The second kappa shape index (κ2) is 8.51. The van der Waals surface area contributed by atoms with Crippen molar-refractivity contribution in [2.24, 2.45) is 0 Å². The third-order valence-electron chi connectivity index (χ3n) is 3.27. The van der Waals surface area contributed by atoms with Crippen molar-refractivity contribution < 1.29 is 13.2 Å². The van der Waals surface area contributed by atoms with E-state index in [9.17, 15) is 13.2 Å². The summed E-state index contributed by atoms with van der Waals surface area (Å²) in [5.74, 6) is -0.494. The molecule has 1 amide bonds. The van der Waals surface area contributed by atoms with E-state index in [0.29, 0.717) is 10.7 Å². The lowest BCUT2D eigenvalue weighted by molar-refractivity contribution is -0.116. The topological polar surface area (TPSA) is 66.5 Å². The first kappa shape index (κ1) is 20.2. The minimum atomic E-state index is -3.57. The number of sulfonamides is 1. The Bertz CT molecular complexity index is 873. The largest absolute Gasteiger partial charge is 0.324 e. The van der Waals surface area contributed by atoms with Crippen LogP contribution in [0.25, 0.3) is 0 Å². The van der Waals surface area contributed by atoms with E-state index in [2.05, 4.69) is 21.2 Å². The van der Waals surface area contributed by atoms with E-state index < -0.39 is 15.9 Å². The van der Waals surface area contributed by atoms with E-state index in [-0.39, 0.29) is 18.1 Å². The van der Waals surface area contributed by atoms with Crippen molar-refractivity contribution in [1.82, 2.24) is 4.31 Å².